The first-order chi connectivity index (χ1) is 14.5. The molecule has 1 aromatic carbocycles. The van der Waals surface area contributed by atoms with E-state index >= 15 is 0 Å². The van der Waals surface area contributed by atoms with Crippen LogP contribution in [0.3, 0.4) is 0 Å². The Balaban J connectivity index is 1.56. The van der Waals surface area contributed by atoms with Crippen molar-refractivity contribution in [2.45, 2.75) is 20.8 Å². The Hall–Kier alpha value is -4.07. The molecule has 0 aliphatic heterocycles. The van der Waals surface area contributed by atoms with Gasteiger partial charge in [0.05, 0.1) is 5.69 Å². The molecule has 3 aromatic heterocycles. The molecule has 4 rings (SSSR count). The highest BCUT2D eigenvalue weighted by molar-refractivity contribution is 6.03. The molecule has 0 fully saturated rings. The number of amides is 1. The van der Waals surface area contributed by atoms with E-state index in [1.165, 1.54) is 0 Å². The molecule has 0 unspecified atom stereocenters. The first kappa shape index (κ1) is 19.3. The Morgan fingerprint density at radius 1 is 1.03 bits per heavy atom. The molecule has 2 N–H and O–H groups in total. The number of anilines is 3. The largest absolute Gasteiger partial charge is 0.445 e. The predicted octanol–water partition coefficient (Wildman–Crippen LogP) is 4.45. The minimum absolute atomic E-state index is 0.273. The number of benzene rings is 1. The summed E-state index contributed by atoms with van der Waals surface area (Å²) in [6, 6.07) is 11.2. The molecule has 30 heavy (non-hydrogen) atoms. The van der Waals surface area contributed by atoms with Gasteiger partial charge in [0.25, 0.3) is 5.91 Å². The third kappa shape index (κ3) is 4.17. The molecule has 150 valence electrons. The molecule has 1 amide bonds. The number of nitrogens with one attached hydrogen (secondary N) is 2. The zero-order valence-electron chi connectivity index (χ0n) is 16.8. The number of hydrogen-bond acceptors (Lipinski definition) is 7. The minimum atomic E-state index is -0.325. The molecule has 0 radical (unpaired) electrons. The molecule has 0 spiro atoms. The second kappa shape index (κ2) is 8.12. The van der Waals surface area contributed by atoms with Gasteiger partial charge in [0.2, 0.25) is 5.95 Å². The van der Waals surface area contributed by atoms with Gasteiger partial charge in [-0.2, -0.15) is 0 Å². The van der Waals surface area contributed by atoms with Crippen LogP contribution in [0.1, 0.15) is 27.7 Å². The number of aryl methyl sites for hydroxylation is 3. The van der Waals surface area contributed by atoms with E-state index in [4.69, 9.17) is 4.42 Å². The first-order valence-electron chi connectivity index (χ1n) is 9.36. The number of aromatic nitrogens is 4. The van der Waals surface area contributed by atoms with Crippen molar-refractivity contribution < 1.29 is 9.21 Å². The van der Waals surface area contributed by atoms with Crippen molar-refractivity contribution in [3.63, 3.8) is 0 Å². The summed E-state index contributed by atoms with van der Waals surface area (Å²) in [5.41, 5.74) is 4.33. The van der Waals surface area contributed by atoms with Crippen LogP contribution >= 0.6 is 0 Å². The Morgan fingerprint density at radius 2 is 1.90 bits per heavy atom. The molecule has 3 heterocycles. The van der Waals surface area contributed by atoms with Gasteiger partial charge in [-0.25, -0.2) is 15.0 Å². The lowest BCUT2D eigenvalue weighted by atomic mass is 10.1. The average molecular weight is 400 g/mol. The van der Waals surface area contributed by atoms with Gasteiger partial charge in [-0.05, 0) is 49.7 Å². The summed E-state index contributed by atoms with van der Waals surface area (Å²) in [7, 11) is 0. The van der Waals surface area contributed by atoms with Gasteiger partial charge in [-0.15, -0.1) is 0 Å². The number of hydrogen-bond donors (Lipinski definition) is 2. The third-order valence-corrected chi connectivity index (χ3v) is 4.47. The number of oxazole rings is 1. The number of rotatable bonds is 5. The lowest BCUT2D eigenvalue weighted by Gasteiger charge is -2.12. The fourth-order valence-corrected chi connectivity index (χ4v) is 2.98. The predicted molar refractivity (Wildman–Crippen MR) is 114 cm³/mol. The molecule has 0 atom stereocenters. The highest BCUT2D eigenvalue weighted by atomic mass is 16.4. The lowest BCUT2D eigenvalue weighted by Crippen LogP contribution is -2.14. The summed E-state index contributed by atoms with van der Waals surface area (Å²) in [6.07, 6.45) is 5.16. The van der Waals surface area contributed by atoms with E-state index in [-0.39, 0.29) is 11.6 Å². The molecule has 0 saturated heterocycles. The van der Waals surface area contributed by atoms with E-state index in [2.05, 4.69) is 30.6 Å². The van der Waals surface area contributed by atoms with Gasteiger partial charge < -0.3 is 15.1 Å². The van der Waals surface area contributed by atoms with Crippen LogP contribution in [0.2, 0.25) is 0 Å². The van der Waals surface area contributed by atoms with Gasteiger partial charge in [0, 0.05) is 42.5 Å². The molecule has 4 aromatic rings. The summed E-state index contributed by atoms with van der Waals surface area (Å²) in [5.74, 6) is 1.06. The maximum Gasteiger partial charge on any atom is 0.277 e. The Kier molecular flexibility index (Phi) is 5.21. The van der Waals surface area contributed by atoms with Crippen LogP contribution in [0.5, 0.6) is 0 Å². The van der Waals surface area contributed by atoms with Crippen LogP contribution in [0.15, 0.2) is 59.4 Å². The van der Waals surface area contributed by atoms with E-state index in [1.54, 1.807) is 32.4 Å². The van der Waals surface area contributed by atoms with E-state index < -0.39 is 0 Å². The quantitative estimate of drug-likeness (QED) is 0.510. The normalized spacial score (nSPS) is 10.6. The number of pyridine rings is 1. The summed E-state index contributed by atoms with van der Waals surface area (Å²) < 4.78 is 5.34. The maximum absolute atomic E-state index is 12.5. The van der Waals surface area contributed by atoms with Crippen molar-refractivity contribution in [1.82, 2.24) is 19.9 Å². The Bertz CT molecular complexity index is 1200. The number of carbonyl (C=O) groups excluding carboxylic acids is 1. The van der Waals surface area contributed by atoms with E-state index in [9.17, 15) is 4.79 Å². The molecule has 0 aliphatic carbocycles. The fraction of sp³-hybridized carbons (Fsp3) is 0.136. The minimum Gasteiger partial charge on any atom is -0.445 e. The summed E-state index contributed by atoms with van der Waals surface area (Å²) in [4.78, 5) is 29.6. The first-order valence-corrected chi connectivity index (χ1v) is 9.36. The average Bonchev–Trinajstić information content (AvgIpc) is 3.09. The van der Waals surface area contributed by atoms with Crippen molar-refractivity contribution in [2.24, 2.45) is 0 Å². The van der Waals surface area contributed by atoms with Crippen LogP contribution < -0.4 is 10.6 Å². The van der Waals surface area contributed by atoms with Gasteiger partial charge in [0.15, 0.2) is 11.6 Å². The molecule has 8 nitrogen and oxygen atoms in total. The van der Waals surface area contributed by atoms with E-state index in [0.29, 0.717) is 23.3 Å². The molecule has 8 heteroatoms. The third-order valence-electron chi connectivity index (χ3n) is 4.47. The zero-order chi connectivity index (χ0) is 21.1. The number of nitrogens with zero attached hydrogens (tertiary/aromatic N) is 4. The van der Waals surface area contributed by atoms with Gasteiger partial charge >= 0.3 is 0 Å². The second-order valence-corrected chi connectivity index (χ2v) is 6.75. The molecule has 0 bridgehead atoms. The highest BCUT2D eigenvalue weighted by Crippen LogP contribution is 2.24. The van der Waals surface area contributed by atoms with Gasteiger partial charge in [-0.1, -0.05) is 6.07 Å². The van der Waals surface area contributed by atoms with Crippen LogP contribution in [-0.4, -0.2) is 25.8 Å². The molecule has 0 aliphatic rings. The standard InChI is InChI=1S/C22H20N6O2/c1-13-6-7-17(26-21(29)20-14(2)30-15(3)25-20)11-19(13)28-22-24-10-8-18(27-22)16-5-4-9-23-12-16/h4-12H,1-3H3,(H,26,29)(H,24,27,28). The summed E-state index contributed by atoms with van der Waals surface area (Å²) in [5, 5.41) is 6.08. The second-order valence-electron chi connectivity index (χ2n) is 6.75. The molecule has 0 saturated carbocycles. The van der Waals surface area contributed by atoms with Gasteiger partial charge in [0.1, 0.15) is 5.76 Å². The Morgan fingerprint density at radius 3 is 2.63 bits per heavy atom. The SMILES string of the molecule is Cc1nc(C(=O)Nc2ccc(C)c(Nc3nccc(-c4cccnc4)n3)c2)c(C)o1. The zero-order valence-corrected chi connectivity index (χ0v) is 16.8. The van der Waals surface area contributed by atoms with Crippen molar-refractivity contribution in [1.29, 1.82) is 0 Å². The number of carbonyl (C=O) groups is 1. The van der Waals surface area contributed by atoms with Crippen molar-refractivity contribution in [3.05, 3.63) is 77.9 Å². The van der Waals surface area contributed by atoms with Crippen LogP contribution in [0.25, 0.3) is 11.3 Å². The van der Waals surface area contributed by atoms with E-state index in [1.807, 2.05) is 43.3 Å². The monoisotopic (exact) mass is 400 g/mol. The smallest absolute Gasteiger partial charge is 0.277 e. The van der Waals surface area contributed by atoms with Crippen LogP contribution in [0, 0.1) is 20.8 Å². The van der Waals surface area contributed by atoms with Crippen molar-refractivity contribution >= 4 is 23.2 Å². The maximum atomic E-state index is 12.5. The van der Waals surface area contributed by atoms with E-state index in [0.717, 1.165) is 22.5 Å². The molecular weight excluding hydrogens is 380 g/mol. The summed E-state index contributed by atoms with van der Waals surface area (Å²) in [6.45, 7) is 5.38. The highest BCUT2D eigenvalue weighted by Gasteiger charge is 2.16. The Labute approximate surface area is 173 Å². The van der Waals surface area contributed by atoms with Crippen molar-refractivity contribution in [3.8, 4) is 11.3 Å². The lowest BCUT2D eigenvalue weighted by molar-refractivity contribution is 0.102. The topological polar surface area (TPSA) is 106 Å². The fourth-order valence-electron chi connectivity index (χ4n) is 2.98. The van der Waals surface area contributed by atoms with Crippen LogP contribution in [-0.2, 0) is 0 Å². The molecular formula is C22H20N6O2. The van der Waals surface area contributed by atoms with Crippen LogP contribution in [0.4, 0.5) is 17.3 Å². The summed E-state index contributed by atoms with van der Waals surface area (Å²) >= 11 is 0. The van der Waals surface area contributed by atoms with Gasteiger partial charge in [-0.3, -0.25) is 9.78 Å². The van der Waals surface area contributed by atoms with Crippen molar-refractivity contribution in [2.75, 3.05) is 10.6 Å².